The summed E-state index contributed by atoms with van der Waals surface area (Å²) in [6, 6.07) is 0. The third-order valence-electron chi connectivity index (χ3n) is 2.16. The summed E-state index contributed by atoms with van der Waals surface area (Å²) in [4.78, 5) is 1.57. The van der Waals surface area contributed by atoms with Gasteiger partial charge in [0.05, 0.1) is 0 Å². The van der Waals surface area contributed by atoms with Crippen molar-refractivity contribution in [1.29, 1.82) is 0 Å². The molecule has 0 amide bonds. The van der Waals surface area contributed by atoms with Crippen LogP contribution in [-0.4, -0.2) is 5.75 Å². The highest BCUT2D eigenvalue weighted by molar-refractivity contribution is 8.03. The fourth-order valence-electron chi connectivity index (χ4n) is 1.56. The lowest BCUT2D eigenvalue weighted by Gasteiger charge is -2.08. The molecule has 2 rings (SSSR count). The average molecular weight is 182 g/mol. The second kappa shape index (κ2) is 4.76. The van der Waals surface area contributed by atoms with Crippen molar-refractivity contribution in [2.24, 2.45) is 5.92 Å². The molecule has 1 aliphatic carbocycles. The van der Waals surface area contributed by atoms with Gasteiger partial charge in [-0.05, 0) is 24.3 Å². The Balaban J connectivity index is 0.000000336. The normalized spacial score (nSPS) is 26.4. The van der Waals surface area contributed by atoms with Crippen LogP contribution in [0, 0.1) is 5.92 Å². The molecule has 0 spiro atoms. The fourth-order valence-corrected chi connectivity index (χ4v) is 2.86. The van der Waals surface area contributed by atoms with Crippen LogP contribution in [0.2, 0.25) is 0 Å². The van der Waals surface area contributed by atoms with Crippen molar-refractivity contribution in [3.63, 3.8) is 0 Å². The molecule has 0 saturated carbocycles. The zero-order valence-corrected chi connectivity index (χ0v) is 9.08. The standard InChI is InChI=1S/C9H12S.C2H6/c1-7-6-10-9-5-3-2-4-8(7)9;1-2/h4-5,7H,2-3,6H2,1H3;1-2H3. The number of hydrogen-bond donors (Lipinski definition) is 0. The summed E-state index contributed by atoms with van der Waals surface area (Å²) in [5, 5.41) is 0. The summed E-state index contributed by atoms with van der Waals surface area (Å²) in [5.41, 5.74) is 1.62. The zero-order valence-electron chi connectivity index (χ0n) is 8.26. The number of hydrogen-bond acceptors (Lipinski definition) is 1. The minimum atomic E-state index is 0.816. The molecule has 1 unspecified atom stereocenters. The van der Waals surface area contributed by atoms with Crippen molar-refractivity contribution in [3.05, 3.63) is 22.6 Å². The van der Waals surface area contributed by atoms with Gasteiger partial charge < -0.3 is 0 Å². The van der Waals surface area contributed by atoms with Crippen LogP contribution in [0.15, 0.2) is 22.6 Å². The second-order valence-corrected chi connectivity index (χ2v) is 4.08. The van der Waals surface area contributed by atoms with Gasteiger partial charge in [0.1, 0.15) is 0 Å². The Bertz CT molecular complexity index is 201. The van der Waals surface area contributed by atoms with E-state index < -0.39 is 0 Å². The maximum Gasteiger partial charge on any atom is 0.00642 e. The number of thioether (sulfide) groups is 1. The minimum absolute atomic E-state index is 0.816. The molecule has 12 heavy (non-hydrogen) atoms. The summed E-state index contributed by atoms with van der Waals surface area (Å²) in [6.07, 6.45) is 7.34. The van der Waals surface area contributed by atoms with E-state index in [1.165, 1.54) is 18.6 Å². The predicted molar refractivity (Wildman–Crippen MR) is 58.4 cm³/mol. The predicted octanol–water partition coefficient (Wildman–Crippen LogP) is 4.00. The molecular weight excluding hydrogens is 164 g/mol. The Kier molecular flexibility index (Phi) is 3.93. The van der Waals surface area contributed by atoms with Gasteiger partial charge in [0.25, 0.3) is 0 Å². The van der Waals surface area contributed by atoms with Crippen LogP contribution in [0.1, 0.15) is 33.6 Å². The summed E-state index contributed by atoms with van der Waals surface area (Å²) >= 11 is 2.03. The largest absolute Gasteiger partial charge is 0.126 e. The van der Waals surface area contributed by atoms with Crippen LogP contribution in [0.25, 0.3) is 0 Å². The van der Waals surface area contributed by atoms with Gasteiger partial charge in [-0.25, -0.2) is 0 Å². The highest BCUT2D eigenvalue weighted by Gasteiger charge is 2.22. The van der Waals surface area contributed by atoms with E-state index >= 15 is 0 Å². The van der Waals surface area contributed by atoms with E-state index in [2.05, 4.69) is 19.1 Å². The molecule has 0 N–H and O–H groups in total. The second-order valence-electron chi connectivity index (χ2n) is 3.02. The zero-order chi connectivity index (χ0) is 8.97. The van der Waals surface area contributed by atoms with Gasteiger partial charge >= 0.3 is 0 Å². The van der Waals surface area contributed by atoms with Crippen LogP contribution < -0.4 is 0 Å². The Morgan fingerprint density at radius 2 is 1.92 bits per heavy atom. The molecule has 0 radical (unpaired) electrons. The monoisotopic (exact) mass is 182 g/mol. The smallest absolute Gasteiger partial charge is 0.00642 e. The van der Waals surface area contributed by atoms with Crippen LogP contribution in [0.5, 0.6) is 0 Å². The Morgan fingerprint density at radius 3 is 2.58 bits per heavy atom. The molecule has 1 saturated heterocycles. The molecule has 1 atom stereocenters. The van der Waals surface area contributed by atoms with Gasteiger partial charge in [-0.2, -0.15) is 0 Å². The van der Waals surface area contributed by atoms with Crippen LogP contribution in [0.4, 0.5) is 0 Å². The summed E-state index contributed by atoms with van der Waals surface area (Å²) in [6.45, 7) is 6.32. The van der Waals surface area contributed by atoms with Crippen molar-refractivity contribution in [1.82, 2.24) is 0 Å². The summed E-state index contributed by atoms with van der Waals surface area (Å²) < 4.78 is 0. The molecule has 0 aromatic carbocycles. The van der Waals surface area contributed by atoms with E-state index in [9.17, 15) is 0 Å². The van der Waals surface area contributed by atoms with Gasteiger partial charge in [0.15, 0.2) is 0 Å². The third-order valence-corrected chi connectivity index (χ3v) is 3.54. The number of fused-ring (bicyclic) bond motifs is 1. The average Bonchev–Trinajstić information content (AvgIpc) is 2.53. The van der Waals surface area contributed by atoms with Crippen molar-refractivity contribution in [2.75, 3.05) is 5.75 Å². The topological polar surface area (TPSA) is 0 Å². The molecule has 0 nitrogen and oxygen atoms in total. The van der Waals surface area contributed by atoms with Crippen LogP contribution >= 0.6 is 11.8 Å². The Morgan fingerprint density at radius 1 is 1.25 bits per heavy atom. The molecule has 2 aliphatic rings. The molecule has 1 heteroatoms. The third kappa shape index (κ3) is 1.95. The first-order chi connectivity index (χ1) is 5.88. The van der Waals surface area contributed by atoms with Crippen molar-refractivity contribution >= 4 is 11.8 Å². The summed E-state index contributed by atoms with van der Waals surface area (Å²) in [5.74, 6) is 2.12. The lowest BCUT2D eigenvalue weighted by Crippen LogP contribution is -1.95. The quantitative estimate of drug-likeness (QED) is 0.545. The molecule has 68 valence electrons. The molecule has 0 aromatic rings. The van der Waals surface area contributed by atoms with E-state index in [1.807, 2.05) is 25.6 Å². The Labute approximate surface area is 80.1 Å². The van der Waals surface area contributed by atoms with Gasteiger partial charge in [0.2, 0.25) is 0 Å². The lowest BCUT2D eigenvalue weighted by molar-refractivity contribution is 0.801. The number of allylic oxidation sites excluding steroid dienone is 3. The number of rotatable bonds is 0. The van der Waals surface area contributed by atoms with Gasteiger partial charge in [-0.3, -0.25) is 0 Å². The molecule has 1 fully saturated rings. The van der Waals surface area contributed by atoms with Crippen molar-refractivity contribution in [2.45, 2.75) is 33.6 Å². The van der Waals surface area contributed by atoms with E-state index in [0.717, 1.165) is 5.92 Å². The molecule has 1 heterocycles. The van der Waals surface area contributed by atoms with Gasteiger partial charge in [-0.15, -0.1) is 11.8 Å². The maximum atomic E-state index is 2.42. The molecule has 0 aromatic heterocycles. The van der Waals surface area contributed by atoms with E-state index in [4.69, 9.17) is 0 Å². The first-order valence-corrected chi connectivity index (χ1v) is 5.90. The van der Waals surface area contributed by atoms with E-state index in [0.29, 0.717) is 0 Å². The van der Waals surface area contributed by atoms with E-state index in [-0.39, 0.29) is 0 Å². The van der Waals surface area contributed by atoms with Crippen molar-refractivity contribution < 1.29 is 0 Å². The lowest BCUT2D eigenvalue weighted by atomic mass is 9.97. The molecule has 0 bridgehead atoms. The molecule has 1 aliphatic heterocycles. The highest BCUT2D eigenvalue weighted by atomic mass is 32.2. The maximum absolute atomic E-state index is 2.42. The minimum Gasteiger partial charge on any atom is -0.126 e. The van der Waals surface area contributed by atoms with Gasteiger partial charge in [0, 0.05) is 10.7 Å². The molecular formula is C11H18S. The van der Waals surface area contributed by atoms with Crippen LogP contribution in [0.3, 0.4) is 0 Å². The van der Waals surface area contributed by atoms with Gasteiger partial charge in [-0.1, -0.05) is 32.9 Å². The Hall–Kier alpha value is -0.170. The highest BCUT2D eigenvalue weighted by Crippen LogP contribution is 2.42. The SMILES string of the molecule is CC.CC1CSC2=CCCC=C21. The summed E-state index contributed by atoms with van der Waals surface area (Å²) in [7, 11) is 0. The first kappa shape index (κ1) is 9.91. The van der Waals surface area contributed by atoms with Crippen molar-refractivity contribution in [3.8, 4) is 0 Å². The first-order valence-electron chi connectivity index (χ1n) is 4.91. The fraction of sp³-hybridized carbons (Fsp3) is 0.636. The van der Waals surface area contributed by atoms with Crippen LogP contribution in [-0.2, 0) is 0 Å². The van der Waals surface area contributed by atoms with E-state index in [1.54, 1.807) is 10.5 Å².